The van der Waals surface area contributed by atoms with Crippen LogP contribution in [0.4, 0.5) is 0 Å². The number of hydrogen-bond donors (Lipinski definition) is 1. The molecule has 0 saturated heterocycles. The molecule has 5 nitrogen and oxygen atoms in total. The number of benzene rings is 1. The first kappa shape index (κ1) is 16.1. The van der Waals surface area contributed by atoms with E-state index < -0.39 is 0 Å². The molecular weight excluding hydrogens is 311 g/mol. The summed E-state index contributed by atoms with van der Waals surface area (Å²) in [6.07, 6.45) is 0. The van der Waals surface area contributed by atoms with Crippen LogP contribution in [0, 0.1) is 6.92 Å². The van der Waals surface area contributed by atoms with Crippen LogP contribution in [0.25, 0.3) is 0 Å². The van der Waals surface area contributed by atoms with E-state index in [1.54, 1.807) is 6.07 Å². The van der Waals surface area contributed by atoms with Crippen molar-refractivity contribution in [1.82, 2.24) is 20.1 Å². The van der Waals surface area contributed by atoms with E-state index in [4.69, 9.17) is 27.9 Å². The van der Waals surface area contributed by atoms with Gasteiger partial charge >= 0.3 is 0 Å². The first-order valence-electron chi connectivity index (χ1n) is 6.69. The molecule has 0 aliphatic rings. The van der Waals surface area contributed by atoms with Crippen molar-refractivity contribution in [2.45, 2.75) is 27.0 Å². The zero-order valence-electron chi connectivity index (χ0n) is 12.3. The summed E-state index contributed by atoms with van der Waals surface area (Å²) in [5.74, 6) is 2.21. The topological polar surface area (TPSA) is 52.0 Å². The molecule has 0 saturated carbocycles. The maximum atomic E-state index is 6.24. The minimum Gasteiger partial charge on any atom is -0.484 e. The molecular formula is C14H18Cl2N4O. The summed E-state index contributed by atoms with van der Waals surface area (Å²) in [6, 6.07) is 3.53. The Hall–Kier alpha value is -1.30. The minimum atomic E-state index is 0.303. The van der Waals surface area contributed by atoms with E-state index in [0.29, 0.717) is 28.9 Å². The molecule has 0 bridgehead atoms. The van der Waals surface area contributed by atoms with Crippen molar-refractivity contribution in [3.63, 3.8) is 0 Å². The fourth-order valence-corrected chi connectivity index (χ4v) is 2.47. The molecule has 0 unspecified atom stereocenters. The van der Waals surface area contributed by atoms with Crippen LogP contribution in [0.2, 0.25) is 10.0 Å². The maximum absolute atomic E-state index is 6.24. The largest absolute Gasteiger partial charge is 0.484 e. The smallest absolute Gasteiger partial charge is 0.170 e. The number of aryl methyl sites for hydroxylation is 1. The highest BCUT2D eigenvalue weighted by molar-refractivity contribution is 6.35. The van der Waals surface area contributed by atoms with Gasteiger partial charge in [-0.3, -0.25) is 0 Å². The third-order valence-corrected chi connectivity index (χ3v) is 3.68. The lowest BCUT2D eigenvalue weighted by Gasteiger charge is -2.14. The number of nitrogens with zero attached hydrogens (tertiary/aromatic N) is 3. The van der Waals surface area contributed by atoms with Crippen LogP contribution in [-0.2, 0) is 20.2 Å². The van der Waals surface area contributed by atoms with Crippen LogP contribution in [0.1, 0.15) is 24.1 Å². The van der Waals surface area contributed by atoms with Gasteiger partial charge in [-0.15, -0.1) is 10.2 Å². The highest BCUT2D eigenvalue weighted by Crippen LogP contribution is 2.33. The molecule has 0 amide bonds. The number of ether oxygens (including phenoxy) is 1. The number of halogens is 2. The molecule has 0 aliphatic carbocycles. The summed E-state index contributed by atoms with van der Waals surface area (Å²) in [5.41, 5.74) is 0.924. The molecule has 0 atom stereocenters. The molecule has 0 aliphatic heterocycles. The Kier molecular flexibility index (Phi) is 5.45. The summed E-state index contributed by atoms with van der Waals surface area (Å²) in [4.78, 5) is 0. The van der Waals surface area contributed by atoms with Gasteiger partial charge in [-0.05, 0) is 25.6 Å². The van der Waals surface area contributed by atoms with Crippen LogP contribution in [0.15, 0.2) is 12.1 Å². The summed E-state index contributed by atoms with van der Waals surface area (Å²) in [5, 5.41) is 12.4. The van der Waals surface area contributed by atoms with E-state index in [9.17, 15) is 0 Å². The number of nitrogens with one attached hydrogen (secondary N) is 1. The predicted octanol–water partition coefficient (Wildman–Crippen LogP) is 3.12. The molecule has 21 heavy (non-hydrogen) atoms. The van der Waals surface area contributed by atoms with E-state index in [2.05, 4.69) is 15.5 Å². The molecule has 2 aromatic rings. The summed E-state index contributed by atoms with van der Waals surface area (Å²) in [6.45, 7) is 5.73. The van der Waals surface area contributed by atoms with Crippen molar-refractivity contribution < 1.29 is 4.74 Å². The number of rotatable bonds is 6. The monoisotopic (exact) mass is 328 g/mol. The van der Waals surface area contributed by atoms with Crippen LogP contribution in [0.3, 0.4) is 0 Å². The molecule has 114 valence electrons. The molecule has 0 fully saturated rings. The Bertz CT molecular complexity index is 628. The summed E-state index contributed by atoms with van der Waals surface area (Å²) >= 11 is 12.3. The molecule has 0 spiro atoms. The van der Waals surface area contributed by atoms with Gasteiger partial charge in [0, 0.05) is 24.2 Å². The standard InChI is InChI=1S/C14H18Cl2N4O/c1-4-17-7-10-5-11(15)6-12(16)14(10)21-8-13-19-18-9(2)20(13)3/h5-6,17H,4,7-8H2,1-3H3. The molecule has 1 aromatic heterocycles. The maximum Gasteiger partial charge on any atom is 0.170 e. The zero-order valence-corrected chi connectivity index (χ0v) is 13.8. The average Bonchev–Trinajstić information content (AvgIpc) is 2.75. The lowest BCUT2D eigenvalue weighted by molar-refractivity contribution is 0.287. The van der Waals surface area contributed by atoms with Crippen LogP contribution in [-0.4, -0.2) is 21.3 Å². The van der Waals surface area contributed by atoms with Crippen molar-refractivity contribution in [3.05, 3.63) is 39.4 Å². The van der Waals surface area contributed by atoms with E-state index in [0.717, 1.165) is 23.8 Å². The highest BCUT2D eigenvalue weighted by atomic mass is 35.5. The number of hydrogen-bond acceptors (Lipinski definition) is 4. The second-order valence-electron chi connectivity index (χ2n) is 4.67. The van der Waals surface area contributed by atoms with Crippen molar-refractivity contribution in [3.8, 4) is 5.75 Å². The van der Waals surface area contributed by atoms with Crippen molar-refractivity contribution in [1.29, 1.82) is 0 Å². The Morgan fingerprint density at radius 3 is 2.67 bits per heavy atom. The Balaban J connectivity index is 2.20. The number of aromatic nitrogens is 3. The Morgan fingerprint density at radius 2 is 2.05 bits per heavy atom. The van der Waals surface area contributed by atoms with Gasteiger partial charge < -0.3 is 14.6 Å². The molecule has 1 aromatic carbocycles. The SMILES string of the molecule is CCNCc1cc(Cl)cc(Cl)c1OCc1nnc(C)n1C. The van der Waals surface area contributed by atoms with Gasteiger partial charge in [0.15, 0.2) is 5.82 Å². The van der Waals surface area contributed by atoms with Crippen molar-refractivity contribution in [2.24, 2.45) is 7.05 Å². The fraction of sp³-hybridized carbons (Fsp3) is 0.429. The minimum absolute atomic E-state index is 0.303. The van der Waals surface area contributed by atoms with Gasteiger partial charge in [0.05, 0.1) is 5.02 Å². The fourth-order valence-electron chi connectivity index (χ4n) is 1.88. The summed E-state index contributed by atoms with van der Waals surface area (Å²) < 4.78 is 7.73. The molecule has 7 heteroatoms. The second kappa shape index (κ2) is 7.11. The normalized spacial score (nSPS) is 10.9. The third-order valence-electron chi connectivity index (χ3n) is 3.18. The van der Waals surface area contributed by atoms with E-state index >= 15 is 0 Å². The first-order chi connectivity index (χ1) is 10.0. The lowest BCUT2D eigenvalue weighted by atomic mass is 10.2. The third kappa shape index (κ3) is 3.87. The van der Waals surface area contributed by atoms with Crippen LogP contribution in [0.5, 0.6) is 5.75 Å². The Morgan fingerprint density at radius 1 is 1.29 bits per heavy atom. The molecule has 1 N–H and O–H groups in total. The first-order valence-corrected chi connectivity index (χ1v) is 7.44. The van der Waals surface area contributed by atoms with E-state index in [-0.39, 0.29) is 0 Å². The van der Waals surface area contributed by atoms with Gasteiger partial charge in [-0.2, -0.15) is 0 Å². The molecule has 1 heterocycles. The zero-order chi connectivity index (χ0) is 15.4. The van der Waals surface area contributed by atoms with E-state index in [1.165, 1.54) is 0 Å². The second-order valence-corrected chi connectivity index (χ2v) is 5.51. The van der Waals surface area contributed by atoms with Gasteiger partial charge in [0.1, 0.15) is 18.2 Å². The van der Waals surface area contributed by atoms with Crippen molar-refractivity contribution >= 4 is 23.2 Å². The Labute approximate surface area is 134 Å². The van der Waals surface area contributed by atoms with E-state index in [1.807, 2.05) is 31.5 Å². The van der Waals surface area contributed by atoms with Crippen molar-refractivity contribution in [2.75, 3.05) is 6.54 Å². The summed E-state index contributed by atoms with van der Waals surface area (Å²) in [7, 11) is 1.90. The lowest BCUT2D eigenvalue weighted by Crippen LogP contribution is -2.13. The van der Waals surface area contributed by atoms with Gasteiger partial charge in [0.2, 0.25) is 0 Å². The average molecular weight is 329 g/mol. The molecule has 2 rings (SSSR count). The molecule has 0 radical (unpaired) electrons. The highest BCUT2D eigenvalue weighted by Gasteiger charge is 2.13. The quantitative estimate of drug-likeness (QED) is 0.885. The van der Waals surface area contributed by atoms with Crippen LogP contribution >= 0.6 is 23.2 Å². The van der Waals surface area contributed by atoms with Gasteiger partial charge in [-0.25, -0.2) is 0 Å². The van der Waals surface area contributed by atoms with Gasteiger partial charge in [0.25, 0.3) is 0 Å². The predicted molar refractivity (Wildman–Crippen MR) is 83.9 cm³/mol. The van der Waals surface area contributed by atoms with Crippen LogP contribution < -0.4 is 10.1 Å². The van der Waals surface area contributed by atoms with Gasteiger partial charge in [-0.1, -0.05) is 30.1 Å².